The fourth-order valence-electron chi connectivity index (χ4n) is 3.26. The van der Waals surface area contributed by atoms with Crippen molar-refractivity contribution in [3.05, 3.63) is 29.8 Å². The van der Waals surface area contributed by atoms with E-state index in [9.17, 15) is 9.59 Å². The van der Waals surface area contributed by atoms with Crippen LogP contribution >= 0.6 is 0 Å². The maximum Gasteiger partial charge on any atom is 0.251 e. The highest BCUT2D eigenvalue weighted by molar-refractivity contribution is 5.94. The molecule has 0 aliphatic carbocycles. The molecule has 0 aromatic heterocycles. The minimum Gasteiger partial charge on any atom is -0.497 e. The van der Waals surface area contributed by atoms with Gasteiger partial charge >= 0.3 is 0 Å². The van der Waals surface area contributed by atoms with E-state index < -0.39 is 0 Å². The van der Waals surface area contributed by atoms with Crippen molar-refractivity contribution in [1.29, 1.82) is 0 Å². The fourth-order valence-corrected chi connectivity index (χ4v) is 3.26. The van der Waals surface area contributed by atoms with E-state index in [0.717, 1.165) is 31.9 Å². The summed E-state index contributed by atoms with van der Waals surface area (Å²) in [5.74, 6) is 1.29. The van der Waals surface area contributed by atoms with Crippen molar-refractivity contribution in [2.75, 3.05) is 40.3 Å². The molecule has 1 aromatic rings. The van der Waals surface area contributed by atoms with Crippen LogP contribution in [0, 0.1) is 5.92 Å². The van der Waals surface area contributed by atoms with Crippen molar-refractivity contribution in [3.63, 3.8) is 0 Å². The van der Waals surface area contributed by atoms with Crippen LogP contribution < -0.4 is 21.1 Å². The molecule has 148 valence electrons. The summed E-state index contributed by atoms with van der Waals surface area (Å²) >= 11 is 0. The molecule has 1 heterocycles. The van der Waals surface area contributed by atoms with Crippen LogP contribution in [0.15, 0.2) is 29.3 Å². The summed E-state index contributed by atoms with van der Waals surface area (Å²) in [6.45, 7) is 2.68. The lowest BCUT2D eigenvalue weighted by Gasteiger charge is -2.34. The van der Waals surface area contributed by atoms with E-state index in [0.29, 0.717) is 30.8 Å². The van der Waals surface area contributed by atoms with Gasteiger partial charge in [-0.05, 0) is 37.0 Å². The Morgan fingerprint density at radius 1 is 1.33 bits per heavy atom. The second-order valence-electron chi connectivity index (χ2n) is 6.59. The maximum absolute atomic E-state index is 12.2. The average molecular weight is 375 g/mol. The summed E-state index contributed by atoms with van der Waals surface area (Å²) < 4.78 is 5.13. The highest BCUT2D eigenvalue weighted by Crippen LogP contribution is 2.19. The van der Waals surface area contributed by atoms with E-state index in [4.69, 9.17) is 10.5 Å². The van der Waals surface area contributed by atoms with E-state index in [-0.39, 0.29) is 17.7 Å². The van der Waals surface area contributed by atoms with Crippen molar-refractivity contribution in [2.45, 2.75) is 19.3 Å². The summed E-state index contributed by atoms with van der Waals surface area (Å²) in [5, 5.41) is 6.14. The molecule has 1 fully saturated rings. The van der Waals surface area contributed by atoms with Gasteiger partial charge in [0, 0.05) is 45.2 Å². The van der Waals surface area contributed by atoms with Gasteiger partial charge in [0.15, 0.2) is 5.96 Å². The molecule has 1 aliphatic heterocycles. The van der Waals surface area contributed by atoms with Gasteiger partial charge in [-0.1, -0.05) is 6.07 Å². The Balaban J connectivity index is 1.77. The molecule has 0 radical (unpaired) electrons. The third-order valence-electron chi connectivity index (χ3n) is 4.55. The Kier molecular flexibility index (Phi) is 7.91. The molecular weight excluding hydrogens is 346 g/mol. The van der Waals surface area contributed by atoms with Crippen LogP contribution in [0.2, 0.25) is 0 Å². The summed E-state index contributed by atoms with van der Waals surface area (Å²) in [7, 11) is 3.30. The first kappa shape index (κ1) is 20.5. The topological polar surface area (TPSA) is 109 Å². The number of amides is 2. The van der Waals surface area contributed by atoms with Crippen molar-refractivity contribution in [1.82, 2.24) is 15.5 Å². The van der Waals surface area contributed by atoms with Crippen LogP contribution in [0.3, 0.4) is 0 Å². The Morgan fingerprint density at radius 2 is 2.11 bits per heavy atom. The molecule has 8 nitrogen and oxygen atoms in total. The predicted octanol–water partition coefficient (Wildman–Crippen LogP) is 0.588. The van der Waals surface area contributed by atoms with Crippen LogP contribution in [-0.2, 0) is 4.79 Å². The summed E-state index contributed by atoms with van der Waals surface area (Å²) in [6, 6.07) is 7.03. The third kappa shape index (κ3) is 6.47. The Labute approximate surface area is 160 Å². The Bertz CT molecular complexity index is 677. The number of carbonyl (C=O) groups is 2. The molecular formula is C19H29N5O3. The number of aliphatic imine (C=N–C) groups is 1. The quantitative estimate of drug-likeness (QED) is 0.367. The first-order valence-electron chi connectivity index (χ1n) is 9.19. The number of rotatable bonds is 7. The van der Waals surface area contributed by atoms with Gasteiger partial charge in [0.2, 0.25) is 5.91 Å². The number of piperidine rings is 1. The monoisotopic (exact) mass is 375 g/mol. The second kappa shape index (κ2) is 10.4. The van der Waals surface area contributed by atoms with Gasteiger partial charge in [-0.3, -0.25) is 14.6 Å². The highest BCUT2D eigenvalue weighted by Gasteiger charge is 2.23. The number of methoxy groups -OCH3 is 1. The molecule has 1 unspecified atom stereocenters. The van der Waals surface area contributed by atoms with Crippen LogP contribution in [-0.4, -0.2) is 63.0 Å². The summed E-state index contributed by atoms with van der Waals surface area (Å²) in [6.07, 6.45) is 2.42. The molecule has 4 N–H and O–H groups in total. The molecule has 1 aliphatic rings. The fraction of sp³-hybridized carbons (Fsp3) is 0.526. The number of primary amides is 1. The van der Waals surface area contributed by atoms with Gasteiger partial charge in [-0.25, -0.2) is 0 Å². The SMILES string of the molecule is CN=C(NCCNC(=O)c1cccc(OC)c1)N1CCCC(CC(N)=O)C1. The zero-order valence-electron chi connectivity index (χ0n) is 16.0. The van der Waals surface area contributed by atoms with E-state index in [1.807, 2.05) is 0 Å². The number of ether oxygens (including phenoxy) is 1. The smallest absolute Gasteiger partial charge is 0.251 e. The van der Waals surface area contributed by atoms with E-state index in [1.165, 1.54) is 0 Å². The number of carbonyl (C=O) groups excluding carboxylic acids is 2. The third-order valence-corrected chi connectivity index (χ3v) is 4.55. The number of benzene rings is 1. The molecule has 0 saturated carbocycles. The number of nitrogens with one attached hydrogen (secondary N) is 2. The summed E-state index contributed by atoms with van der Waals surface area (Å²) in [5.41, 5.74) is 5.88. The zero-order valence-corrected chi connectivity index (χ0v) is 16.0. The first-order valence-corrected chi connectivity index (χ1v) is 9.19. The highest BCUT2D eigenvalue weighted by atomic mass is 16.5. The number of guanidine groups is 1. The summed E-state index contributed by atoms with van der Waals surface area (Å²) in [4.78, 5) is 29.8. The van der Waals surface area contributed by atoms with Crippen molar-refractivity contribution in [3.8, 4) is 5.75 Å². The minimum atomic E-state index is -0.259. The molecule has 1 saturated heterocycles. The molecule has 8 heteroatoms. The average Bonchev–Trinajstić information content (AvgIpc) is 2.67. The van der Waals surface area contributed by atoms with Crippen LogP contribution in [0.5, 0.6) is 5.75 Å². The number of nitrogens with zero attached hydrogens (tertiary/aromatic N) is 2. The van der Waals surface area contributed by atoms with Gasteiger partial charge < -0.3 is 26.0 Å². The lowest BCUT2D eigenvalue weighted by molar-refractivity contribution is -0.119. The van der Waals surface area contributed by atoms with Gasteiger partial charge in [-0.2, -0.15) is 0 Å². The van der Waals surface area contributed by atoms with Gasteiger partial charge in [-0.15, -0.1) is 0 Å². The molecule has 1 atom stereocenters. The zero-order chi connectivity index (χ0) is 19.6. The number of nitrogens with two attached hydrogens (primary N) is 1. The Morgan fingerprint density at radius 3 is 2.81 bits per heavy atom. The van der Waals surface area contributed by atoms with Gasteiger partial charge in [0.05, 0.1) is 7.11 Å². The lowest BCUT2D eigenvalue weighted by atomic mass is 9.95. The number of likely N-dealkylation sites (tertiary alicyclic amines) is 1. The largest absolute Gasteiger partial charge is 0.497 e. The van der Waals surface area contributed by atoms with E-state index >= 15 is 0 Å². The molecule has 2 rings (SSSR count). The van der Waals surface area contributed by atoms with Gasteiger partial charge in [0.1, 0.15) is 5.75 Å². The first-order chi connectivity index (χ1) is 13.0. The maximum atomic E-state index is 12.2. The normalized spacial score (nSPS) is 17.3. The standard InChI is InChI=1S/C19H29N5O3/c1-21-19(24-10-4-5-14(13-24)11-17(20)25)23-9-8-22-18(26)15-6-3-7-16(12-15)27-2/h3,6-7,12,14H,4-5,8-11,13H2,1-2H3,(H2,20,25)(H,21,23)(H,22,26). The van der Waals surface area contributed by atoms with Crippen LogP contribution in [0.4, 0.5) is 0 Å². The second-order valence-corrected chi connectivity index (χ2v) is 6.59. The minimum absolute atomic E-state index is 0.148. The van der Waals surface area contributed by atoms with Crippen molar-refractivity contribution < 1.29 is 14.3 Å². The molecule has 0 bridgehead atoms. The molecule has 0 spiro atoms. The van der Waals surface area contributed by atoms with E-state index in [2.05, 4.69) is 20.5 Å². The number of hydrogen-bond acceptors (Lipinski definition) is 4. The van der Waals surface area contributed by atoms with Crippen LogP contribution in [0.1, 0.15) is 29.6 Å². The molecule has 2 amide bonds. The molecule has 1 aromatic carbocycles. The van der Waals surface area contributed by atoms with Crippen molar-refractivity contribution in [2.24, 2.45) is 16.6 Å². The van der Waals surface area contributed by atoms with E-state index in [1.54, 1.807) is 38.4 Å². The van der Waals surface area contributed by atoms with Crippen molar-refractivity contribution >= 4 is 17.8 Å². The molecule has 27 heavy (non-hydrogen) atoms. The van der Waals surface area contributed by atoms with Crippen LogP contribution in [0.25, 0.3) is 0 Å². The number of hydrogen-bond donors (Lipinski definition) is 3. The lowest BCUT2D eigenvalue weighted by Crippen LogP contribution is -2.48. The Hall–Kier alpha value is -2.77. The predicted molar refractivity (Wildman–Crippen MR) is 105 cm³/mol. The van der Waals surface area contributed by atoms with Gasteiger partial charge in [0.25, 0.3) is 5.91 Å².